The second kappa shape index (κ2) is 4.60. The van der Waals surface area contributed by atoms with Gasteiger partial charge in [0.15, 0.2) is 11.6 Å². The van der Waals surface area contributed by atoms with Gasteiger partial charge in [0.2, 0.25) is 5.91 Å². The van der Waals surface area contributed by atoms with Gasteiger partial charge in [-0.1, -0.05) is 12.1 Å². The molecule has 86 valence electrons. The van der Waals surface area contributed by atoms with E-state index < -0.39 is 11.6 Å². The minimum Gasteiger partial charge on any atom is -0.355 e. The maximum Gasteiger partial charge on any atom is 0.220 e. The molecule has 1 saturated heterocycles. The Morgan fingerprint density at radius 3 is 2.94 bits per heavy atom. The van der Waals surface area contributed by atoms with Crippen molar-refractivity contribution in [2.75, 3.05) is 6.54 Å². The number of carbonyl (C=O) groups excluding carboxylic acids is 1. The van der Waals surface area contributed by atoms with Crippen LogP contribution in [0.1, 0.15) is 30.7 Å². The Morgan fingerprint density at radius 1 is 1.31 bits per heavy atom. The Kier molecular flexibility index (Phi) is 3.17. The molecule has 0 radical (unpaired) electrons. The Hall–Kier alpha value is -1.45. The van der Waals surface area contributed by atoms with Crippen LogP contribution >= 0.6 is 0 Å². The van der Waals surface area contributed by atoms with Crippen molar-refractivity contribution in [3.05, 3.63) is 35.4 Å². The van der Waals surface area contributed by atoms with Gasteiger partial charge in [-0.3, -0.25) is 4.79 Å². The lowest BCUT2D eigenvalue weighted by atomic mass is 9.94. The highest BCUT2D eigenvalue weighted by atomic mass is 19.2. The predicted molar refractivity (Wildman–Crippen MR) is 56.0 cm³/mol. The molecule has 1 aliphatic heterocycles. The van der Waals surface area contributed by atoms with E-state index >= 15 is 0 Å². The highest BCUT2D eigenvalue weighted by molar-refractivity contribution is 5.76. The van der Waals surface area contributed by atoms with Crippen molar-refractivity contribution in [1.82, 2.24) is 5.32 Å². The predicted octanol–water partition coefficient (Wildman–Crippen LogP) is 2.35. The van der Waals surface area contributed by atoms with Gasteiger partial charge in [-0.05, 0) is 24.5 Å². The van der Waals surface area contributed by atoms with Crippen LogP contribution in [0.2, 0.25) is 0 Å². The molecule has 2 rings (SSSR count). The minimum absolute atomic E-state index is 0.0145. The number of benzene rings is 1. The molecule has 0 saturated carbocycles. The van der Waals surface area contributed by atoms with E-state index in [1.165, 1.54) is 6.07 Å². The topological polar surface area (TPSA) is 29.1 Å². The van der Waals surface area contributed by atoms with Crippen molar-refractivity contribution in [3.63, 3.8) is 0 Å². The van der Waals surface area contributed by atoms with Gasteiger partial charge in [0.1, 0.15) is 0 Å². The van der Waals surface area contributed by atoms with Crippen molar-refractivity contribution in [3.8, 4) is 0 Å². The molecule has 1 aromatic carbocycles. The van der Waals surface area contributed by atoms with Crippen molar-refractivity contribution in [2.24, 2.45) is 0 Å². The third-order valence-corrected chi connectivity index (χ3v) is 2.92. The van der Waals surface area contributed by atoms with Gasteiger partial charge >= 0.3 is 0 Å². The van der Waals surface area contributed by atoms with E-state index in [9.17, 15) is 13.6 Å². The summed E-state index contributed by atoms with van der Waals surface area (Å²) in [5.41, 5.74) is 0.363. The van der Waals surface area contributed by atoms with Crippen LogP contribution in [0.3, 0.4) is 0 Å². The van der Waals surface area contributed by atoms with E-state index in [1.54, 1.807) is 6.07 Å². The lowest BCUT2D eigenvalue weighted by molar-refractivity contribution is -0.120. The molecule has 0 aromatic heterocycles. The smallest absolute Gasteiger partial charge is 0.220 e. The summed E-state index contributed by atoms with van der Waals surface area (Å²) >= 11 is 0. The maximum absolute atomic E-state index is 13.5. The summed E-state index contributed by atoms with van der Waals surface area (Å²) in [7, 11) is 0. The minimum atomic E-state index is -0.826. The second-order valence-electron chi connectivity index (χ2n) is 4.04. The lowest BCUT2D eigenvalue weighted by Crippen LogP contribution is -2.25. The average molecular weight is 225 g/mol. The zero-order valence-corrected chi connectivity index (χ0v) is 8.80. The van der Waals surface area contributed by atoms with Crippen LogP contribution in [-0.4, -0.2) is 12.5 Å². The lowest BCUT2D eigenvalue weighted by Gasteiger charge is -2.15. The first-order valence-electron chi connectivity index (χ1n) is 5.39. The standard InChI is InChI=1S/C12H13F2NO/c13-10-5-2-4-9(12(10)14)8-3-1-6-11(16)15-7-8/h2,4-5,8H,1,3,6-7H2,(H,15,16)/t8-/m1/s1. The summed E-state index contributed by atoms with van der Waals surface area (Å²) in [6.45, 7) is 0.388. The fraction of sp³-hybridized carbons (Fsp3) is 0.417. The van der Waals surface area contributed by atoms with Crippen molar-refractivity contribution < 1.29 is 13.6 Å². The number of halogens is 2. The normalized spacial score (nSPS) is 21.4. The first kappa shape index (κ1) is 11.0. The van der Waals surface area contributed by atoms with E-state index in [2.05, 4.69) is 5.32 Å². The molecule has 1 N–H and O–H groups in total. The summed E-state index contributed by atoms with van der Waals surface area (Å²) in [6, 6.07) is 4.19. The summed E-state index contributed by atoms with van der Waals surface area (Å²) in [6.07, 6.45) is 1.89. The Bertz CT molecular complexity index is 406. The summed E-state index contributed by atoms with van der Waals surface area (Å²) in [5, 5.41) is 2.71. The number of hydrogen-bond acceptors (Lipinski definition) is 1. The number of hydrogen-bond donors (Lipinski definition) is 1. The fourth-order valence-corrected chi connectivity index (χ4v) is 2.04. The quantitative estimate of drug-likeness (QED) is 0.781. The van der Waals surface area contributed by atoms with Gasteiger partial charge in [-0.2, -0.15) is 0 Å². The Balaban J connectivity index is 2.23. The molecular formula is C12H13F2NO. The summed E-state index contributed by atoms with van der Waals surface area (Å²) in [4.78, 5) is 11.1. The van der Waals surface area contributed by atoms with E-state index in [0.717, 1.165) is 6.07 Å². The molecule has 1 aromatic rings. The van der Waals surface area contributed by atoms with E-state index in [4.69, 9.17) is 0 Å². The molecule has 1 amide bonds. The molecule has 1 heterocycles. The van der Waals surface area contributed by atoms with Gasteiger partial charge in [0, 0.05) is 18.9 Å². The number of amides is 1. The zero-order valence-electron chi connectivity index (χ0n) is 8.80. The van der Waals surface area contributed by atoms with Gasteiger partial charge in [0.05, 0.1) is 0 Å². The SMILES string of the molecule is O=C1CCC[C@@H](c2cccc(F)c2F)CN1. The molecule has 2 nitrogen and oxygen atoms in total. The summed E-state index contributed by atoms with van der Waals surface area (Å²) in [5.74, 6) is -1.75. The maximum atomic E-state index is 13.5. The molecular weight excluding hydrogens is 212 g/mol. The molecule has 0 aliphatic carbocycles. The van der Waals surface area contributed by atoms with Crippen LogP contribution in [-0.2, 0) is 4.79 Å². The molecule has 0 unspecified atom stereocenters. The van der Waals surface area contributed by atoms with Crippen LogP contribution in [0.15, 0.2) is 18.2 Å². The third-order valence-electron chi connectivity index (χ3n) is 2.92. The van der Waals surface area contributed by atoms with Gasteiger partial charge in [-0.15, -0.1) is 0 Å². The highest BCUT2D eigenvalue weighted by Crippen LogP contribution is 2.26. The average Bonchev–Trinajstić information content (AvgIpc) is 2.47. The number of nitrogens with one attached hydrogen (secondary N) is 1. The third kappa shape index (κ3) is 2.21. The molecule has 16 heavy (non-hydrogen) atoms. The van der Waals surface area contributed by atoms with Crippen molar-refractivity contribution in [1.29, 1.82) is 0 Å². The van der Waals surface area contributed by atoms with Crippen LogP contribution in [0, 0.1) is 11.6 Å². The Labute approximate surface area is 92.7 Å². The van der Waals surface area contributed by atoms with Crippen LogP contribution in [0.5, 0.6) is 0 Å². The number of rotatable bonds is 1. The largest absolute Gasteiger partial charge is 0.355 e. The highest BCUT2D eigenvalue weighted by Gasteiger charge is 2.21. The van der Waals surface area contributed by atoms with Crippen LogP contribution < -0.4 is 5.32 Å². The van der Waals surface area contributed by atoms with Crippen molar-refractivity contribution >= 4 is 5.91 Å². The number of carbonyl (C=O) groups is 1. The van der Waals surface area contributed by atoms with E-state index in [1.807, 2.05) is 0 Å². The Morgan fingerprint density at radius 2 is 2.12 bits per heavy atom. The summed E-state index contributed by atoms with van der Waals surface area (Å²) < 4.78 is 26.6. The van der Waals surface area contributed by atoms with E-state index in [-0.39, 0.29) is 11.8 Å². The van der Waals surface area contributed by atoms with E-state index in [0.29, 0.717) is 31.4 Å². The van der Waals surface area contributed by atoms with Crippen LogP contribution in [0.25, 0.3) is 0 Å². The van der Waals surface area contributed by atoms with Gasteiger partial charge in [-0.25, -0.2) is 8.78 Å². The fourth-order valence-electron chi connectivity index (χ4n) is 2.04. The van der Waals surface area contributed by atoms with Gasteiger partial charge < -0.3 is 5.32 Å². The zero-order chi connectivity index (χ0) is 11.5. The molecule has 1 fully saturated rings. The van der Waals surface area contributed by atoms with Crippen molar-refractivity contribution in [2.45, 2.75) is 25.2 Å². The van der Waals surface area contributed by atoms with Crippen LogP contribution in [0.4, 0.5) is 8.78 Å². The molecule has 1 aliphatic rings. The second-order valence-corrected chi connectivity index (χ2v) is 4.04. The van der Waals surface area contributed by atoms with Gasteiger partial charge in [0.25, 0.3) is 0 Å². The molecule has 4 heteroatoms. The first-order valence-corrected chi connectivity index (χ1v) is 5.39. The monoisotopic (exact) mass is 225 g/mol. The molecule has 0 bridgehead atoms. The first-order chi connectivity index (χ1) is 7.68. The molecule has 0 spiro atoms. The molecule has 1 atom stereocenters.